The van der Waals surface area contributed by atoms with Gasteiger partial charge in [0.15, 0.2) is 0 Å². The first-order valence-electron chi connectivity index (χ1n) is 6.82. The van der Waals surface area contributed by atoms with Crippen molar-refractivity contribution in [3.8, 4) is 0 Å². The molecule has 0 saturated carbocycles. The normalized spacial score (nSPS) is 27.3. The molecule has 0 aliphatic carbocycles. The van der Waals surface area contributed by atoms with Gasteiger partial charge in [0.1, 0.15) is 5.76 Å². The lowest BCUT2D eigenvalue weighted by Gasteiger charge is -2.34. The highest BCUT2D eigenvalue weighted by atomic mass is 16.3. The van der Waals surface area contributed by atoms with Crippen molar-refractivity contribution in [1.82, 2.24) is 15.1 Å². The largest absolute Gasteiger partial charge is 0.468 e. The van der Waals surface area contributed by atoms with Crippen LogP contribution < -0.4 is 5.32 Å². The van der Waals surface area contributed by atoms with Crippen LogP contribution in [0.1, 0.15) is 19.1 Å². The van der Waals surface area contributed by atoms with Gasteiger partial charge in [-0.15, -0.1) is 0 Å². The molecule has 1 saturated heterocycles. The molecule has 1 aliphatic heterocycles. The first-order chi connectivity index (χ1) is 8.70. The van der Waals surface area contributed by atoms with Crippen molar-refractivity contribution < 1.29 is 4.42 Å². The standard InChI is InChI=1S/C14H25N3O/c1-12-6-7-16(3)10-13(9-15-2)17(12)11-14-5-4-8-18-14/h4-5,8,12-13,15H,6-7,9-11H2,1-3H3. The Morgan fingerprint density at radius 3 is 3.00 bits per heavy atom. The van der Waals surface area contributed by atoms with Crippen molar-refractivity contribution in [2.75, 3.05) is 33.7 Å². The Morgan fingerprint density at radius 1 is 1.50 bits per heavy atom. The highest BCUT2D eigenvalue weighted by molar-refractivity contribution is 4.99. The average molecular weight is 251 g/mol. The van der Waals surface area contributed by atoms with Crippen molar-refractivity contribution in [2.24, 2.45) is 0 Å². The zero-order valence-electron chi connectivity index (χ0n) is 11.7. The van der Waals surface area contributed by atoms with Gasteiger partial charge in [0.2, 0.25) is 0 Å². The van der Waals surface area contributed by atoms with Crippen LogP contribution in [0.3, 0.4) is 0 Å². The van der Waals surface area contributed by atoms with E-state index in [0.717, 1.165) is 25.4 Å². The number of hydrogen-bond donors (Lipinski definition) is 1. The molecular weight excluding hydrogens is 226 g/mol. The monoisotopic (exact) mass is 251 g/mol. The van der Waals surface area contributed by atoms with Gasteiger partial charge in [0.05, 0.1) is 12.8 Å². The fraction of sp³-hybridized carbons (Fsp3) is 0.714. The molecule has 4 heteroatoms. The van der Waals surface area contributed by atoms with Crippen LogP contribution in [-0.4, -0.2) is 55.6 Å². The summed E-state index contributed by atoms with van der Waals surface area (Å²) in [5, 5.41) is 3.32. The molecule has 0 aromatic carbocycles. The predicted molar refractivity (Wildman–Crippen MR) is 73.5 cm³/mol. The van der Waals surface area contributed by atoms with Gasteiger partial charge in [-0.2, -0.15) is 0 Å². The predicted octanol–water partition coefficient (Wildman–Crippen LogP) is 1.39. The van der Waals surface area contributed by atoms with Gasteiger partial charge in [0, 0.05) is 25.2 Å². The molecule has 0 radical (unpaired) electrons. The van der Waals surface area contributed by atoms with Gasteiger partial charge < -0.3 is 14.6 Å². The molecule has 2 unspecified atom stereocenters. The third-order valence-electron chi connectivity index (χ3n) is 3.84. The van der Waals surface area contributed by atoms with Crippen molar-refractivity contribution in [1.29, 1.82) is 0 Å². The summed E-state index contributed by atoms with van der Waals surface area (Å²) in [6, 6.07) is 5.18. The summed E-state index contributed by atoms with van der Waals surface area (Å²) in [5.74, 6) is 1.06. The molecule has 0 spiro atoms. The quantitative estimate of drug-likeness (QED) is 0.876. The fourth-order valence-corrected chi connectivity index (χ4v) is 2.77. The summed E-state index contributed by atoms with van der Waals surface area (Å²) in [6.45, 7) is 6.55. The zero-order chi connectivity index (χ0) is 13.0. The maximum absolute atomic E-state index is 5.50. The third kappa shape index (κ3) is 3.34. The highest BCUT2D eigenvalue weighted by Gasteiger charge is 2.28. The molecule has 1 fully saturated rings. The minimum absolute atomic E-state index is 0.544. The van der Waals surface area contributed by atoms with Crippen LogP contribution in [0.25, 0.3) is 0 Å². The van der Waals surface area contributed by atoms with E-state index >= 15 is 0 Å². The van der Waals surface area contributed by atoms with E-state index in [9.17, 15) is 0 Å². The van der Waals surface area contributed by atoms with Crippen molar-refractivity contribution in [2.45, 2.75) is 32.0 Å². The Balaban J connectivity index is 2.09. The van der Waals surface area contributed by atoms with Crippen LogP contribution in [0.15, 0.2) is 22.8 Å². The minimum Gasteiger partial charge on any atom is -0.468 e. The molecule has 102 valence electrons. The van der Waals surface area contributed by atoms with Crippen LogP contribution >= 0.6 is 0 Å². The van der Waals surface area contributed by atoms with Gasteiger partial charge in [-0.3, -0.25) is 4.90 Å². The van der Waals surface area contributed by atoms with Crippen molar-refractivity contribution >= 4 is 0 Å². The molecule has 0 amide bonds. The summed E-state index contributed by atoms with van der Waals surface area (Å²) >= 11 is 0. The molecule has 1 aromatic heterocycles. The van der Waals surface area contributed by atoms with Gasteiger partial charge in [-0.05, 0) is 46.1 Å². The highest BCUT2D eigenvalue weighted by Crippen LogP contribution is 2.18. The number of nitrogens with zero attached hydrogens (tertiary/aromatic N) is 2. The Kier molecular flexibility index (Phi) is 4.80. The number of rotatable bonds is 4. The van der Waals surface area contributed by atoms with E-state index in [4.69, 9.17) is 4.42 Å². The summed E-state index contributed by atoms with van der Waals surface area (Å²) in [5.41, 5.74) is 0. The number of furan rings is 1. The Labute approximate surface area is 110 Å². The molecule has 2 rings (SSSR count). The van der Waals surface area contributed by atoms with Crippen LogP contribution in [0.2, 0.25) is 0 Å². The number of hydrogen-bond acceptors (Lipinski definition) is 4. The van der Waals surface area contributed by atoms with E-state index in [0.29, 0.717) is 12.1 Å². The lowest BCUT2D eigenvalue weighted by Crippen LogP contribution is -2.48. The maximum atomic E-state index is 5.50. The van der Waals surface area contributed by atoms with E-state index in [1.807, 2.05) is 13.1 Å². The number of likely N-dealkylation sites (N-methyl/N-ethyl adjacent to an activating group) is 2. The SMILES string of the molecule is CNCC1CN(C)CCC(C)N1Cc1ccco1. The molecule has 1 aliphatic rings. The first kappa shape index (κ1) is 13.6. The maximum Gasteiger partial charge on any atom is 0.117 e. The third-order valence-corrected chi connectivity index (χ3v) is 3.84. The van der Waals surface area contributed by atoms with Crippen molar-refractivity contribution in [3.05, 3.63) is 24.2 Å². The molecule has 4 nitrogen and oxygen atoms in total. The van der Waals surface area contributed by atoms with Crippen LogP contribution in [0.4, 0.5) is 0 Å². The Morgan fingerprint density at radius 2 is 2.33 bits per heavy atom. The summed E-state index contributed by atoms with van der Waals surface area (Å²) < 4.78 is 5.50. The molecule has 2 atom stereocenters. The summed E-state index contributed by atoms with van der Waals surface area (Å²) in [7, 11) is 4.24. The van der Waals surface area contributed by atoms with Crippen LogP contribution in [-0.2, 0) is 6.54 Å². The molecule has 0 bridgehead atoms. The Bertz CT molecular complexity index is 339. The smallest absolute Gasteiger partial charge is 0.117 e. The molecular formula is C14H25N3O. The topological polar surface area (TPSA) is 31.6 Å². The van der Waals surface area contributed by atoms with Gasteiger partial charge >= 0.3 is 0 Å². The summed E-state index contributed by atoms with van der Waals surface area (Å²) in [6.07, 6.45) is 2.98. The molecule has 2 heterocycles. The average Bonchev–Trinajstić information content (AvgIpc) is 2.81. The Hall–Kier alpha value is -0.840. The van der Waals surface area contributed by atoms with E-state index < -0.39 is 0 Å². The van der Waals surface area contributed by atoms with E-state index in [1.165, 1.54) is 13.0 Å². The van der Waals surface area contributed by atoms with Crippen LogP contribution in [0, 0.1) is 0 Å². The van der Waals surface area contributed by atoms with Crippen LogP contribution in [0.5, 0.6) is 0 Å². The second-order valence-corrected chi connectivity index (χ2v) is 5.36. The summed E-state index contributed by atoms with van der Waals surface area (Å²) in [4.78, 5) is 5.00. The molecule has 18 heavy (non-hydrogen) atoms. The van der Waals surface area contributed by atoms with Gasteiger partial charge in [-0.25, -0.2) is 0 Å². The zero-order valence-corrected chi connectivity index (χ0v) is 11.7. The fourth-order valence-electron chi connectivity index (χ4n) is 2.77. The first-order valence-corrected chi connectivity index (χ1v) is 6.82. The molecule has 1 N–H and O–H groups in total. The molecule has 1 aromatic rings. The van der Waals surface area contributed by atoms with Crippen molar-refractivity contribution in [3.63, 3.8) is 0 Å². The number of nitrogens with one attached hydrogen (secondary N) is 1. The van der Waals surface area contributed by atoms with E-state index in [-0.39, 0.29) is 0 Å². The van der Waals surface area contributed by atoms with E-state index in [2.05, 4.69) is 35.2 Å². The van der Waals surface area contributed by atoms with Gasteiger partial charge in [-0.1, -0.05) is 0 Å². The lowest BCUT2D eigenvalue weighted by atomic mass is 10.1. The van der Waals surface area contributed by atoms with E-state index in [1.54, 1.807) is 6.26 Å². The minimum atomic E-state index is 0.544. The van der Waals surface area contributed by atoms with Gasteiger partial charge in [0.25, 0.3) is 0 Å². The second kappa shape index (κ2) is 6.36. The lowest BCUT2D eigenvalue weighted by molar-refractivity contribution is 0.124. The second-order valence-electron chi connectivity index (χ2n) is 5.36.